The van der Waals surface area contributed by atoms with Crippen LogP contribution in [-0.4, -0.2) is 28.6 Å². The van der Waals surface area contributed by atoms with Crippen molar-refractivity contribution in [1.82, 2.24) is 15.5 Å². The number of benzene rings is 2. The summed E-state index contributed by atoms with van der Waals surface area (Å²) >= 11 is 0. The van der Waals surface area contributed by atoms with Crippen LogP contribution in [0, 0.1) is 13.8 Å². The van der Waals surface area contributed by atoms with Crippen molar-refractivity contribution in [2.45, 2.75) is 26.6 Å². The molecule has 0 bridgehead atoms. The maximum Gasteiger partial charge on any atom is 0.416 e. The van der Waals surface area contributed by atoms with E-state index in [1.54, 1.807) is 12.1 Å². The highest BCUT2D eigenvalue weighted by Gasteiger charge is 2.30. The third kappa shape index (κ3) is 5.68. The number of carbonyl (C=O) groups excluding carboxylic acids is 2. The van der Waals surface area contributed by atoms with Crippen molar-refractivity contribution in [3.8, 4) is 11.4 Å². The molecule has 1 aromatic heterocycles. The van der Waals surface area contributed by atoms with Gasteiger partial charge in [0.2, 0.25) is 5.82 Å². The fourth-order valence-electron chi connectivity index (χ4n) is 2.57. The monoisotopic (exact) mass is 433 g/mol. The summed E-state index contributed by atoms with van der Waals surface area (Å²) in [6.45, 7) is 3.11. The van der Waals surface area contributed by atoms with Gasteiger partial charge in [0.15, 0.2) is 6.61 Å². The molecular formula is C21H18F3N3O4. The number of alkyl halides is 3. The molecule has 7 nitrogen and oxygen atoms in total. The molecule has 162 valence electrons. The number of amides is 1. The molecular weight excluding hydrogens is 415 g/mol. The summed E-state index contributed by atoms with van der Waals surface area (Å²) in [6.07, 6.45) is -4.44. The lowest BCUT2D eigenvalue weighted by Crippen LogP contribution is -2.30. The first-order valence-electron chi connectivity index (χ1n) is 9.15. The van der Waals surface area contributed by atoms with Gasteiger partial charge in [-0.05, 0) is 49.2 Å². The molecule has 0 aliphatic carbocycles. The molecule has 0 aliphatic rings. The number of aryl methyl sites for hydroxylation is 2. The highest BCUT2D eigenvalue weighted by molar-refractivity contribution is 5.96. The van der Waals surface area contributed by atoms with Crippen LogP contribution in [0.5, 0.6) is 0 Å². The Kier molecular flexibility index (Phi) is 6.38. The highest BCUT2D eigenvalue weighted by Crippen LogP contribution is 2.30. The molecule has 0 radical (unpaired) electrons. The summed E-state index contributed by atoms with van der Waals surface area (Å²) in [5.74, 6) is -1.11. The van der Waals surface area contributed by atoms with Crippen LogP contribution in [0.25, 0.3) is 11.4 Å². The van der Waals surface area contributed by atoms with E-state index in [-0.39, 0.29) is 24.9 Å². The van der Waals surface area contributed by atoms with Gasteiger partial charge in [-0.25, -0.2) is 0 Å². The predicted octanol–water partition coefficient (Wildman–Crippen LogP) is 3.85. The standard InChI is InChI=1S/C21H18F3N3O4/c1-12-3-4-15(9-13(12)2)20(29)25-10-18(28)30-11-17-26-19(27-31-17)14-5-7-16(8-6-14)21(22,23)24/h3-9H,10-11H2,1-2H3,(H,25,29). The van der Waals surface area contributed by atoms with Gasteiger partial charge in [-0.2, -0.15) is 18.2 Å². The number of ether oxygens (including phenoxy) is 1. The predicted molar refractivity (Wildman–Crippen MR) is 103 cm³/mol. The minimum absolute atomic E-state index is 0.0382. The molecule has 0 atom stereocenters. The van der Waals surface area contributed by atoms with Crippen LogP contribution >= 0.6 is 0 Å². The second-order valence-corrected chi connectivity index (χ2v) is 6.73. The van der Waals surface area contributed by atoms with Crippen LogP contribution in [-0.2, 0) is 22.3 Å². The topological polar surface area (TPSA) is 94.3 Å². The van der Waals surface area contributed by atoms with Crippen molar-refractivity contribution < 1.29 is 32.0 Å². The van der Waals surface area contributed by atoms with Crippen molar-refractivity contribution >= 4 is 11.9 Å². The number of aromatic nitrogens is 2. The van der Waals surface area contributed by atoms with Gasteiger partial charge in [0.1, 0.15) is 6.54 Å². The van der Waals surface area contributed by atoms with E-state index in [0.717, 1.165) is 23.3 Å². The minimum Gasteiger partial charge on any atom is -0.454 e. The number of hydrogen-bond acceptors (Lipinski definition) is 6. The molecule has 0 aliphatic heterocycles. The summed E-state index contributed by atoms with van der Waals surface area (Å²) in [6, 6.07) is 9.43. The van der Waals surface area contributed by atoms with Crippen LogP contribution < -0.4 is 5.32 Å². The first kappa shape index (κ1) is 22.0. The molecule has 0 saturated heterocycles. The molecule has 1 N–H and O–H groups in total. The van der Waals surface area contributed by atoms with Crippen molar-refractivity contribution in [1.29, 1.82) is 0 Å². The molecule has 0 unspecified atom stereocenters. The summed E-state index contributed by atoms with van der Waals surface area (Å²) < 4.78 is 47.8. The van der Waals surface area contributed by atoms with Crippen LogP contribution in [0.2, 0.25) is 0 Å². The van der Waals surface area contributed by atoms with Gasteiger partial charge in [0.25, 0.3) is 11.8 Å². The van der Waals surface area contributed by atoms with Crippen molar-refractivity contribution in [3.05, 3.63) is 70.6 Å². The minimum atomic E-state index is -4.44. The Morgan fingerprint density at radius 1 is 1.06 bits per heavy atom. The zero-order chi connectivity index (χ0) is 22.6. The molecule has 3 aromatic rings. The van der Waals surface area contributed by atoms with Crippen LogP contribution in [0.4, 0.5) is 13.2 Å². The number of nitrogens with zero attached hydrogens (tertiary/aromatic N) is 2. The summed E-state index contributed by atoms with van der Waals surface area (Å²) in [4.78, 5) is 27.9. The van der Waals surface area contributed by atoms with Crippen molar-refractivity contribution in [2.75, 3.05) is 6.54 Å². The molecule has 1 heterocycles. The average Bonchev–Trinajstić information content (AvgIpc) is 3.21. The zero-order valence-corrected chi connectivity index (χ0v) is 16.6. The van der Waals surface area contributed by atoms with E-state index in [1.165, 1.54) is 12.1 Å². The van der Waals surface area contributed by atoms with Gasteiger partial charge in [-0.3, -0.25) is 9.59 Å². The van der Waals surface area contributed by atoms with E-state index in [0.29, 0.717) is 11.1 Å². The quantitative estimate of drug-likeness (QED) is 0.594. The molecule has 0 fully saturated rings. The molecule has 0 saturated carbocycles. The number of esters is 1. The third-order valence-corrected chi connectivity index (χ3v) is 4.46. The Balaban J connectivity index is 1.50. The Bertz CT molecular complexity index is 1090. The van der Waals surface area contributed by atoms with Crippen molar-refractivity contribution in [3.63, 3.8) is 0 Å². The smallest absolute Gasteiger partial charge is 0.416 e. The van der Waals surface area contributed by atoms with E-state index in [1.807, 2.05) is 19.9 Å². The Morgan fingerprint density at radius 3 is 2.42 bits per heavy atom. The molecule has 0 spiro atoms. The fraction of sp³-hybridized carbons (Fsp3) is 0.238. The fourth-order valence-corrected chi connectivity index (χ4v) is 2.57. The lowest BCUT2D eigenvalue weighted by atomic mass is 10.1. The number of rotatable bonds is 6. The average molecular weight is 433 g/mol. The SMILES string of the molecule is Cc1ccc(C(=O)NCC(=O)OCc2nc(-c3ccc(C(F)(F)F)cc3)no2)cc1C. The first-order valence-corrected chi connectivity index (χ1v) is 9.15. The molecule has 3 rings (SSSR count). The number of nitrogens with one attached hydrogen (secondary N) is 1. The molecule has 31 heavy (non-hydrogen) atoms. The highest BCUT2D eigenvalue weighted by atomic mass is 19.4. The van der Waals surface area contributed by atoms with Gasteiger partial charge in [0.05, 0.1) is 5.56 Å². The van der Waals surface area contributed by atoms with Crippen LogP contribution in [0.1, 0.15) is 32.9 Å². The largest absolute Gasteiger partial charge is 0.454 e. The van der Waals surface area contributed by atoms with Gasteiger partial charge < -0.3 is 14.6 Å². The molecule has 2 aromatic carbocycles. The maximum absolute atomic E-state index is 12.6. The van der Waals surface area contributed by atoms with Crippen LogP contribution in [0.3, 0.4) is 0 Å². The van der Waals surface area contributed by atoms with E-state index in [2.05, 4.69) is 15.5 Å². The molecule has 1 amide bonds. The first-order chi connectivity index (χ1) is 14.6. The number of hydrogen-bond donors (Lipinski definition) is 1. The van der Waals surface area contributed by atoms with E-state index in [9.17, 15) is 22.8 Å². The maximum atomic E-state index is 12.6. The van der Waals surface area contributed by atoms with E-state index < -0.39 is 23.6 Å². The van der Waals surface area contributed by atoms with Crippen LogP contribution in [0.15, 0.2) is 47.0 Å². The van der Waals surface area contributed by atoms with Gasteiger partial charge in [0, 0.05) is 11.1 Å². The lowest BCUT2D eigenvalue weighted by Gasteiger charge is -2.07. The number of carbonyl (C=O) groups is 2. The van der Waals surface area contributed by atoms with Gasteiger partial charge in [-0.15, -0.1) is 0 Å². The second kappa shape index (κ2) is 8.99. The van der Waals surface area contributed by atoms with Gasteiger partial charge >= 0.3 is 12.1 Å². The van der Waals surface area contributed by atoms with Gasteiger partial charge in [-0.1, -0.05) is 23.4 Å². The Labute approximate surface area is 175 Å². The zero-order valence-electron chi connectivity index (χ0n) is 16.6. The number of halogens is 3. The summed E-state index contributed by atoms with van der Waals surface area (Å²) in [5.41, 5.74) is 1.95. The van der Waals surface area contributed by atoms with E-state index in [4.69, 9.17) is 9.26 Å². The normalized spacial score (nSPS) is 11.3. The van der Waals surface area contributed by atoms with Crippen molar-refractivity contribution in [2.24, 2.45) is 0 Å². The third-order valence-electron chi connectivity index (χ3n) is 4.46. The molecule has 10 heteroatoms. The summed E-state index contributed by atoms with van der Waals surface area (Å²) in [7, 11) is 0. The Morgan fingerprint density at radius 2 is 1.77 bits per heavy atom. The second-order valence-electron chi connectivity index (χ2n) is 6.73. The summed E-state index contributed by atoms with van der Waals surface area (Å²) in [5, 5.41) is 6.12. The Hall–Kier alpha value is -3.69. The lowest BCUT2D eigenvalue weighted by molar-refractivity contribution is -0.144. The van der Waals surface area contributed by atoms with E-state index >= 15 is 0 Å².